The summed E-state index contributed by atoms with van der Waals surface area (Å²) in [5.74, 6) is 2.02. The van der Waals surface area contributed by atoms with Gasteiger partial charge in [-0.1, -0.05) is 10.3 Å². The Kier molecular flexibility index (Phi) is 3.25. The lowest BCUT2D eigenvalue weighted by atomic mass is 10.1. The topological polar surface area (TPSA) is 85.3 Å². The summed E-state index contributed by atoms with van der Waals surface area (Å²) in [6.07, 6.45) is 1.10. The molecular weight excluding hydrogens is 260 g/mol. The van der Waals surface area contributed by atoms with Crippen molar-refractivity contribution in [2.75, 3.05) is 13.1 Å². The molecule has 1 aliphatic heterocycles. The second-order valence-corrected chi connectivity index (χ2v) is 5.12. The van der Waals surface area contributed by atoms with Crippen molar-refractivity contribution < 1.29 is 13.8 Å². The van der Waals surface area contributed by atoms with E-state index in [4.69, 9.17) is 9.05 Å². The Bertz CT molecular complexity index is 619. The second-order valence-electron chi connectivity index (χ2n) is 5.12. The Hall–Kier alpha value is -2.18. The summed E-state index contributed by atoms with van der Waals surface area (Å²) >= 11 is 0. The molecule has 0 aliphatic carbocycles. The van der Waals surface area contributed by atoms with E-state index in [1.54, 1.807) is 13.0 Å². The van der Waals surface area contributed by atoms with Gasteiger partial charge in [0.2, 0.25) is 11.8 Å². The van der Waals surface area contributed by atoms with E-state index in [2.05, 4.69) is 15.3 Å². The molecule has 0 N–H and O–H groups in total. The van der Waals surface area contributed by atoms with Crippen molar-refractivity contribution >= 4 is 5.91 Å². The van der Waals surface area contributed by atoms with Gasteiger partial charge >= 0.3 is 0 Å². The third kappa shape index (κ3) is 2.56. The molecule has 3 rings (SSSR count). The van der Waals surface area contributed by atoms with E-state index in [1.807, 2.05) is 11.8 Å². The first-order valence-electron chi connectivity index (χ1n) is 6.62. The summed E-state index contributed by atoms with van der Waals surface area (Å²) in [6.45, 7) is 4.95. The lowest BCUT2D eigenvalue weighted by Gasteiger charge is -2.14. The minimum absolute atomic E-state index is 0.0416. The molecule has 0 aromatic carbocycles. The van der Waals surface area contributed by atoms with Gasteiger partial charge in [-0.15, -0.1) is 0 Å². The smallest absolute Gasteiger partial charge is 0.231 e. The van der Waals surface area contributed by atoms with E-state index in [0.717, 1.165) is 12.1 Å². The molecule has 7 heteroatoms. The molecule has 1 fully saturated rings. The summed E-state index contributed by atoms with van der Waals surface area (Å²) < 4.78 is 10.2. The highest BCUT2D eigenvalue weighted by molar-refractivity contribution is 5.78. The van der Waals surface area contributed by atoms with Gasteiger partial charge in [0.05, 0.1) is 18.0 Å². The molecular formula is C13H16N4O3. The third-order valence-corrected chi connectivity index (χ3v) is 3.44. The zero-order chi connectivity index (χ0) is 14.1. The van der Waals surface area contributed by atoms with Gasteiger partial charge in [-0.3, -0.25) is 4.79 Å². The van der Waals surface area contributed by atoms with Crippen LogP contribution in [0.4, 0.5) is 0 Å². The van der Waals surface area contributed by atoms with Crippen LogP contribution in [0.25, 0.3) is 0 Å². The van der Waals surface area contributed by atoms with Gasteiger partial charge in [0.25, 0.3) is 0 Å². The van der Waals surface area contributed by atoms with Crippen LogP contribution < -0.4 is 0 Å². The fourth-order valence-electron chi connectivity index (χ4n) is 2.43. The number of hydrogen-bond donors (Lipinski definition) is 0. The number of aromatic nitrogens is 3. The molecule has 0 unspecified atom stereocenters. The number of carbonyl (C=O) groups excluding carboxylic acids is 1. The number of amides is 1. The first-order chi connectivity index (χ1) is 9.61. The molecule has 0 radical (unpaired) electrons. The molecule has 2 aromatic heterocycles. The van der Waals surface area contributed by atoms with Crippen LogP contribution in [0, 0.1) is 13.8 Å². The monoisotopic (exact) mass is 276 g/mol. The SMILES string of the molecule is Cc1cc(CC(=O)N2CC[C@@H](c3nc(C)no3)C2)on1. The van der Waals surface area contributed by atoms with Gasteiger partial charge in [-0.2, -0.15) is 4.98 Å². The van der Waals surface area contributed by atoms with E-state index < -0.39 is 0 Å². The van der Waals surface area contributed by atoms with Crippen molar-refractivity contribution in [2.45, 2.75) is 32.6 Å². The number of aryl methyl sites for hydroxylation is 2. The standard InChI is InChI=1S/C13H16N4O3/c1-8-5-11(19-15-8)6-12(18)17-4-3-10(7-17)13-14-9(2)16-20-13/h5,10H,3-4,6-7H2,1-2H3/t10-/m1/s1. The molecule has 2 aromatic rings. The quantitative estimate of drug-likeness (QED) is 0.838. The zero-order valence-corrected chi connectivity index (χ0v) is 11.5. The summed E-state index contributed by atoms with van der Waals surface area (Å²) in [4.78, 5) is 18.2. The predicted molar refractivity (Wildman–Crippen MR) is 67.9 cm³/mol. The minimum atomic E-state index is 0.0416. The molecule has 1 saturated heterocycles. The van der Waals surface area contributed by atoms with Crippen LogP contribution in [0.15, 0.2) is 15.1 Å². The fraction of sp³-hybridized carbons (Fsp3) is 0.538. The van der Waals surface area contributed by atoms with Gasteiger partial charge in [-0.25, -0.2) is 0 Å². The van der Waals surface area contributed by atoms with Gasteiger partial charge in [0.15, 0.2) is 5.82 Å². The number of nitrogens with zero attached hydrogens (tertiary/aromatic N) is 4. The minimum Gasteiger partial charge on any atom is -0.361 e. The number of hydrogen-bond acceptors (Lipinski definition) is 6. The first-order valence-corrected chi connectivity index (χ1v) is 6.62. The molecule has 0 spiro atoms. The van der Waals surface area contributed by atoms with Crippen LogP contribution in [0.3, 0.4) is 0 Å². The maximum absolute atomic E-state index is 12.2. The van der Waals surface area contributed by atoms with E-state index in [9.17, 15) is 4.79 Å². The van der Waals surface area contributed by atoms with Crippen LogP contribution in [0.2, 0.25) is 0 Å². The summed E-state index contributed by atoms with van der Waals surface area (Å²) in [5.41, 5.74) is 0.786. The average Bonchev–Trinajstić information content (AvgIpc) is 3.10. The lowest BCUT2D eigenvalue weighted by molar-refractivity contribution is -0.129. The first kappa shape index (κ1) is 12.8. The van der Waals surface area contributed by atoms with Crippen molar-refractivity contribution in [2.24, 2.45) is 0 Å². The van der Waals surface area contributed by atoms with E-state index >= 15 is 0 Å². The summed E-state index contributed by atoms with van der Waals surface area (Å²) in [6, 6.07) is 1.78. The van der Waals surface area contributed by atoms with Crippen LogP contribution in [-0.2, 0) is 11.2 Å². The molecule has 1 amide bonds. The molecule has 3 heterocycles. The second kappa shape index (κ2) is 5.07. The molecule has 20 heavy (non-hydrogen) atoms. The van der Waals surface area contributed by atoms with Crippen LogP contribution in [0.1, 0.15) is 35.5 Å². The van der Waals surface area contributed by atoms with Crippen molar-refractivity contribution in [1.82, 2.24) is 20.2 Å². The maximum Gasteiger partial charge on any atom is 0.231 e. The van der Waals surface area contributed by atoms with Gasteiger partial charge in [0, 0.05) is 19.2 Å². The lowest BCUT2D eigenvalue weighted by Crippen LogP contribution is -2.29. The molecule has 106 valence electrons. The number of carbonyl (C=O) groups is 1. The molecule has 1 atom stereocenters. The van der Waals surface area contributed by atoms with Gasteiger partial charge in [0.1, 0.15) is 5.76 Å². The van der Waals surface area contributed by atoms with Gasteiger partial charge < -0.3 is 13.9 Å². The molecule has 0 saturated carbocycles. The van der Waals surface area contributed by atoms with E-state index in [0.29, 0.717) is 30.6 Å². The highest BCUT2D eigenvalue weighted by atomic mass is 16.5. The summed E-state index contributed by atoms with van der Waals surface area (Å²) in [5, 5.41) is 7.57. The van der Waals surface area contributed by atoms with E-state index in [-0.39, 0.29) is 18.2 Å². The molecule has 1 aliphatic rings. The Morgan fingerprint density at radius 3 is 2.90 bits per heavy atom. The Morgan fingerprint density at radius 1 is 1.40 bits per heavy atom. The summed E-state index contributed by atoms with van der Waals surface area (Å²) in [7, 11) is 0. The third-order valence-electron chi connectivity index (χ3n) is 3.44. The highest BCUT2D eigenvalue weighted by Gasteiger charge is 2.31. The normalized spacial score (nSPS) is 18.7. The maximum atomic E-state index is 12.2. The van der Waals surface area contributed by atoms with Crippen LogP contribution in [-0.4, -0.2) is 39.2 Å². The largest absolute Gasteiger partial charge is 0.361 e. The van der Waals surface area contributed by atoms with Crippen LogP contribution in [0.5, 0.6) is 0 Å². The molecule has 7 nitrogen and oxygen atoms in total. The van der Waals surface area contributed by atoms with Crippen molar-refractivity contribution in [1.29, 1.82) is 0 Å². The van der Waals surface area contributed by atoms with Gasteiger partial charge in [-0.05, 0) is 20.3 Å². The van der Waals surface area contributed by atoms with Crippen molar-refractivity contribution in [3.05, 3.63) is 29.2 Å². The Balaban J connectivity index is 1.60. The predicted octanol–water partition coefficient (Wildman–Crippen LogP) is 1.23. The number of rotatable bonds is 3. The Morgan fingerprint density at radius 2 is 2.25 bits per heavy atom. The average molecular weight is 276 g/mol. The van der Waals surface area contributed by atoms with Crippen LogP contribution >= 0.6 is 0 Å². The number of likely N-dealkylation sites (tertiary alicyclic amines) is 1. The zero-order valence-electron chi connectivity index (χ0n) is 11.5. The van der Waals surface area contributed by atoms with Crippen molar-refractivity contribution in [3.63, 3.8) is 0 Å². The molecule has 0 bridgehead atoms. The highest BCUT2D eigenvalue weighted by Crippen LogP contribution is 2.26. The van der Waals surface area contributed by atoms with E-state index in [1.165, 1.54) is 0 Å². The van der Waals surface area contributed by atoms with Crippen molar-refractivity contribution in [3.8, 4) is 0 Å². The fourth-order valence-corrected chi connectivity index (χ4v) is 2.43. The Labute approximate surface area is 115 Å².